The molecule has 180 valence electrons. The van der Waals surface area contributed by atoms with Crippen molar-refractivity contribution in [3.8, 4) is 0 Å². The van der Waals surface area contributed by atoms with Gasteiger partial charge in [0.1, 0.15) is 31.4 Å². The maximum atomic E-state index is 10.1. The molecule has 5 heteroatoms. The summed E-state index contributed by atoms with van der Waals surface area (Å²) in [5.41, 5.74) is 0. The van der Waals surface area contributed by atoms with Crippen LogP contribution in [-0.4, -0.2) is 72.3 Å². The molecule has 3 atom stereocenters. The van der Waals surface area contributed by atoms with Crippen LogP contribution in [0.4, 0.5) is 0 Å². The number of hydrogen-bond donors (Lipinski definition) is 2. The number of unbranched alkanes of at least 4 members (excludes halogenated alkanes) is 12. The minimum absolute atomic E-state index is 0. The zero-order valence-corrected chi connectivity index (χ0v) is 20.1. The molecular weight excluding hydrogens is 378 g/mol. The number of allylic oxidation sites excluding steroid dienone is 2. The second kappa shape index (κ2) is 18.1. The van der Waals surface area contributed by atoms with Gasteiger partial charge in [0.2, 0.25) is 0 Å². The highest BCUT2D eigenvalue weighted by Crippen LogP contribution is 2.23. The lowest BCUT2D eigenvalue weighted by Crippen LogP contribution is -2.50. The SMILES string of the molecule is CCCCCCCC/C=C\CCCCCCCCOC[C@@H]1[C@@H](O)[C@@H](O)C[N+]1(C)C.[OH-]. The Hall–Kier alpha value is -0.460. The highest BCUT2D eigenvalue weighted by atomic mass is 16.5. The van der Waals surface area contributed by atoms with Crippen LogP contribution in [0.3, 0.4) is 0 Å². The Labute approximate surface area is 186 Å². The highest BCUT2D eigenvalue weighted by Gasteiger charge is 2.47. The minimum atomic E-state index is -0.662. The highest BCUT2D eigenvalue weighted by molar-refractivity contribution is 4.83. The molecule has 0 spiro atoms. The predicted octanol–water partition coefficient (Wildman–Crippen LogP) is 5.04. The van der Waals surface area contributed by atoms with E-state index in [0.29, 0.717) is 17.6 Å². The summed E-state index contributed by atoms with van der Waals surface area (Å²) in [4.78, 5) is 0. The van der Waals surface area contributed by atoms with Gasteiger partial charge in [-0.25, -0.2) is 0 Å². The molecule has 0 aromatic heterocycles. The summed E-state index contributed by atoms with van der Waals surface area (Å²) in [7, 11) is 4.11. The van der Waals surface area contributed by atoms with Gasteiger partial charge in [0, 0.05) is 6.61 Å². The summed E-state index contributed by atoms with van der Waals surface area (Å²) in [6.45, 7) is 4.18. The van der Waals surface area contributed by atoms with E-state index in [9.17, 15) is 10.2 Å². The van der Waals surface area contributed by atoms with Crippen molar-refractivity contribution in [1.29, 1.82) is 0 Å². The lowest BCUT2D eigenvalue weighted by molar-refractivity contribution is -0.905. The fourth-order valence-corrected chi connectivity index (χ4v) is 4.35. The Morgan fingerprint density at radius 2 is 1.30 bits per heavy atom. The van der Waals surface area contributed by atoms with Crippen LogP contribution in [0.1, 0.15) is 96.8 Å². The van der Waals surface area contributed by atoms with Crippen molar-refractivity contribution in [3.63, 3.8) is 0 Å². The molecule has 1 saturated heterocycles. The van der Waals surface area contributed by atoms with Crippen molar-refractivity contribution < 1.29 is 24.9 Å². The lowest BCUT2D eigenvalue weighted by Gasteiger charge is -2.31. The molecule has 1 aliphatic rings. The number of aliphatic hydroxyl groups excluding tert-OH is 2. The normalized spacial score (nSPS) is 23.2. The summed E-state index contributed by atoms with van der Waals surface area (Å²) < 4.78 is 6.43. The van der Waals surface area contributed by atoms with Crippen molar-refractivity contribution >= 4 is 0 Å². The first-order valence-corrected chi connectivity index (χ1v) is 12.4. The van der Waals surface area contributed by atoms with E-state index in [0.717, 1.165) is 13.0 Å². The second-order valence-electron chi connectivity index (χ2n) is 9.60. The molecule has 0 amide bonds. The maximum absolute atomic E-state index is 10.1. The zero-order valence-electron chi connectivity index (χ0n) is 20.1. The molecule has 30 heavy (non-hydrogen) atoms. The van der Waals surface area contributed by atoms with Crippen LogP contribution >= 0.6 is 0 Å². The van der Waals surface area contributed by atoms with Gasteiger partial charge in [0.25, 0.3) is 0 Å². The Morgan fingerprint density at radius 1 is 0.800 bits per heavy atom. The molecule has 0 unspecified atom stereocenters. The minimum Gasteiger partial charge on any atom is -0.870 e. The number of aliphatic hydroxyl groups is 2. The van der Waals surface area contributed by atoms with E-state index >= 15 is 0 Å². The molecule has 0 radical (unpaired) electrons. The fraction of sp³-hybridized carbons (Fsp3) is 0.920. The van der Waals surface area contributed by atoms with Gasteiger partial charge < -0.3 is 24.9 Å². The van der Waals surface area contributed by atoms with E-state index in [1.165, 1.54) is 83.5 Å². The number of quaternary nitrogens is 1. The van der Waals surface area contributed by atoms with Crippen LogP contribution in [0.25, 0.3) is 0 Å². The first-order valence-electron chi connectivity index (χ1n) is 12.4. The van der Waals surface area contributed by atoms with E-state index in [4.69, 9.17) is 4.74 Å². The molecule has 0 aromatic rings. The molecule has 3 N–H and O–H groups in total. The first-order chi connectivity index (χ1) is 14.0. The number of nitrogens with zero attached hydrogens (tertiary/aromatic N) is 1. The maximum Gasteiger partial charge on any atom is 0.141 e. The van der Waals surface area contributed by atoms with Gasteiger partial charge in [-0.15, -0.1) is 0 Å². The second-order valence-corrected chi connectivity index (χ2v) is 9.60. The average molecular weight is 430 g/mol. The van der Waals surface area contributed by atoms with Gasteiger partial charge in [-0.2, -0.15) is 0 Å². The van der Waals surface area contributed by atoms with Crippen LogP contribution in [0.15, 0.2) is 12.2 Å². The average Bonchev–Trinajstić information content (AvgIpc) is 2.88. The van der Waals surface area contributed by atoms with Crippen molar-refractivity contribution in [3.05, 3.63) is 12.2 Å². The lowest BCUT2D eigenvalue weighted by atomic mass is 10.1. The third-order valence-corrected chi connectivity index (χ3v) is 6.43. The van der Waals surface area contributed by atoms with Gasteiger partial charge in [-0.05, 0) is 32.1 Å². The Bertz CT molecular complexity index is 414. The Morgan fingerprint density at radius 3 is 1.80 bits per heavy atom. The number of ether oxygens (including phenoxy) is 1. The molecule has 1 rings (SSSR count). The molecule has 1 fully saturated rings. The molecule has 0 aromatic carbocycles. The first kappa shape index (κ1) is 29.5. The van der Waals surface area contributed by atoms with Crippen LogP contribution in [0, 0.1) is 0 Å². The Balaban J connectivity index is 0.00000841. The predicted molar refractivity (Wildman–Crippen MR) is 125 cm³/mol. The van der Waals surface area contributed by atoms with Crippen molar-refractivity contribution in [1.82, 2.24) is 0 Å². The van der Waals surface area contributed by atoms with Crippen molar-refractivity contribution in [2.45, 2.75) is 115 Å². The van der Waals surface area contributed by atoms with Crippen molar-refractivity contribution in [2.75, 3.05) is 33.9 Å². The van der Waals surface area contributed by atoms with Gasteiger partial charge in [-0.1, -0.05) is 76.9 Å². The van der Waals surface area contributed by atoms with E-state index in [-0.39, 0.29) is 11.5 Å². The molecule has 0 aliphatic carbocycles. The molecule has 5 nitrogen and oxygen atoms in total. The van der Waals surface area contributed by atoms with E-state index in [1.54, 1.807) is 0 Å². The summed E-state index contributed by atoms with van der Waals surface area (Å²) in [6, 6.07) is -0.0147. The standard InChI is InChI=1S/C25H50NO3.H2O/c1-4-5-6-7-8-9-10-11-12-13-14-15-16-17-18-19-20-29-22-23-25(28)24(27)21-26(23,2)3;/h11-12,23-25,27-28H,4-10,13-22H2,1-3H3;1H2/q+1;/p-1/b12-11-;/t23-,24+,25-;/m1./s1. The summed E-state index contributed by atoms with van der Waals surface area (Å²) >= 11 is 0. The fourth-order valence-electron chi connectivity index (χ4n) is 4.35. The van der Waals surface area contributed by atoms with Crippen LogP contribution in [0.5, 0.6) is 0 Å². The zero-order chi connectivity index (χ0) is 21.4. The molecule has 0 saturated carbocycles. The topological polar surface area (TPSA) is 79.7 Å². The molecular formula is C25H51NO4. The molecule has 1 heterocycles. The monoisotopic (exact) mass is 429 g/mol. The summed E-state index contributed by atoms with van der Waals surface area (Å²) in [5, 5.41) is 19.9. The van der Waals surface area contributed by atoms with E-state index < -0.39 is 12.2 Å². The third-order valence-electron chi connectivity index (χ3n) is 6.43. The van der Waals surface area contributed by atoms with Gasteiger partial charge in [0.05, 0.1) is 14.1 Å². The number of hydrogen-bond acceptors (Lipinski definition) is 4. The largest absolute Gasteiger partial charge is 0.870 e. The molecule has 0 bridgehead atoms. The van der Waals surface area contributed by atoms with Crippen LogP contribution in [-0.2, 0) is 4.74 Å². The van der Waals surface area contributed by atoms with E-state index in [1.807, 2.05) is 0 Å². The number of likely N-dealkylation sites (N-methyl/N-ethyl adjacent to an activating group) is 1. The Kier molecular flexibility index (Phi) is 17.9. The third kappa shape index (κ3) is 13.1. The van der Waals surface area contributed by atoms with Crippen molar-refractivity contribution in [2.24, 2.45) is 0 Å². The smallest absolute Gasteiger partial charge is 0.141 e. The van der Waals surface area contributed by atoms with Gasteiger partial charge in [0.15, 0.2) is 0 Å². The van der Waals surface area contributed by atoms with Crippen LogP contribution in [0.2, 0.25) is 0 Å². The molecule has 1 aliphatic heterocycles. The van der Waals surface area contributed by atoms with Gasteiger partial charge >= 0.3 is 0 Å². The van der Waals surface area contributed by atoms with Crippen LogP contribution < -0.4 is 0 Å². The van der Waals surface area contributed by atoms with E-state index in [2.05, 4.69) is 33.2 Å². The quantitative estimate of drug-likeness (QED) is 0.182. The van der Waals surface area contributed by atoms with Gasteiger partial charge in [-0.3, -0.25) is 0 Å². The number of rotatable bonds is 18. The summed E-state index contributed by atoms with van der Waals surface area (Å²) in [6.07, 6.45) is 21.9. The number of likely N-dealkylation sites (tertiary alicyclic amines) is 1. The summed E-state index contributed by atoms with van der Waals surface area (Å²) in [5.74, 6) is 0.